The Morgan fingerprint density at radius 2 is 1.12 bits per heavy atom. The van der Waals surface area contributed by atoms with Crippen LogP contribution in [0, 0.1) is 58.8 Å². The summed E-state index contributed by atoms with van der Waals surface area (Å²) < 4.78 is 96.3. The number of carbonyl (C=O) groups excluding carboxylic acids is 1. The molecule has 10 heteroatoms. The van der Waals surface area contributed by atoms with Crippen LogP contribution in [0.4, 0.5) is 17.6 Å². The second kappa shape index (κ2) is 9.28. The quantitative estimate of drug-likeness (QED) is 0.122. The van der Waals surface area contributed by atoms with E-state index in [9.17, 15) is 30.8 Å². The first-order valence-electron chi connectivity index (χ1n) is 15.5. The van der Waals surface area contributed by atoms with E-state index in [1.54, 1.807) is 0 Å². The number of halogens is 4. The van der Waals surface area contributed by atoms with E-state index in [1.807, 2.05) is 12.1 Å². The van der Waals surface area contributed by atoms with Crippen LogP contribution in [0.25, 0.3) is 0 Å². The van der Waals surface area contributed by atoms with Crippen molar-refractivity contribution in [2.75, 3.05) is 0 Å². The Balaban J connectivity index is 1.24. The van der Waals surface area contributed by atoms with E-state index < -0.39 is 50.0 Å². The Morgan fingerprint density at radius 3 is 1.53 bits per heavy atom. The maximum atomic E-state index is 15.0. The molecule has 8 saturated carbocycles. The smallest absolute Gasteiger partial charge is 0.344 e. The van der Waals surface area contributed by atoms with Crippen molar-refractivity contribution in [1.29, 1.82) is 0 Å². The minimum atomic E-state index is -5.64. The monoisotopic (exact) mass is 618 g/mol. The largest absolute Gasteiger partial charge is 0.416 e. The Bertz CT molecular complexity index is 1570. The number of benzene rings is 2. The topological polar surface area (TPSA) is 80.7 Å². The number of esters is 1. The lowest BCUT2D eigenvalue weighted by Gasteiger charge is -2.58. The van der Waals surface area contributed by atoms with E-state index in [0.29, 0.717) is 35.5 Å². The van der Waals surface area contributed by atoms with Crippen molar-refractivity contribution >= 4 is 16.1 Å². The van der Waals surface area contributed by atoms with Gasteiger partial charge in [0.2, 0.25) is 17.4 Å². The molecule has 43 heavy (non-hydrogen) atoms. The van der Waals surface area contributed by atoms with E-state index in [0.717, 1.165) is 49.7 Å². The molecule has 5 nitrogen and oxygen atoms in total. The number of hydrogen-bond donors (Lipinski definition) is 1. The highest BCUT2D eigenvalue weighted by atomic mass is 32.2. The highest BCUT2D eigenvalue weighted by molar-refractivity contribution is 7.85. The van der Waals surface area contributed by atoms with Gasteiger partial charge in [0.15, 0.2) is 16.5 Å². The van der Waals surface area contributed by atoms with Gasteiger partial charge in [-0.25, -0.2) is 13.6 Å². The van der Waals surface area contributed by atoms with Crippen molar-refractivity contribution < 1.29 is 40.1 Å². The van der Waals surface area contributed by atoms with Crippen molar-refractivity contribution in [2.24, 2.45) is 35.5 Å². The molecule has 0 amide bonds. The molecule has 8 fully saturated rings. The Kier molecular flexibility index (Phi) is 6.05. The first kappa shape index (κ1) is 28.0. The second-order valence-electron chi connectivity index (χ2n) is 14.9. The van der Waals surface area contributed by atoms with Crippen molar-refractivity contribution in [3.63, 3.8) is 0 Å². The van der Waals surface area contributed by atoms with Gasteiger partial charge in [0.25, 0.3) is 0 Å². The van der Waals surface area contributed by atoms with E-state index in [-0.39, 0.29) is 16.4 Å². The minimum absolute atomic E-state index is 0.0877. The molecule has 8 aliphatic carbocycles. The molecule has 0 saturated heterocycles. The highest BCUT2D eigenvalue weighted by Gasteiger charge is 2.54. The lowest BCUT2D eigenvalue weighted by molar-refractivity contribution is -0.00736. The summed E-state index contributed by atoms with van der Waals surface area (Å²) in [6.07, 6.45) is 13.0. The number of carbonyl (C=O) groups is 1. The molecular weight excluding hydrogens is 584 g/mol. The van der Waals surface area contributed by atoms with Crippen LogP contribution in [0.5, 0.6) is 5.75 Å². The number of ether oxygens (including phenoxy) is 1. The molecule has 0 atom stereocenters. The molecule has 0 radical (unpaired) electrons. The first-order chi connectivity index (χ1) is 20.3. The van der Waals surface area contributed by atoms with Gasteiger partial charge < -0.3 is 4.74 Å². The van der Waals surface area contributed by atoms with E-state index >= 15 is 0 Å². The third-order valence-corrected chi connectivity index (χ3v) is 13.0. The SMILES string of the molecule is O=C(Oc1c(F)c(F)c(S(=O)(=O)O)c(F)c1F)c1cc(C23CC4CC(CC(C4)C2)C3)ccc1C12CC3CC(CC(C3)C1)C2. The third kappa shape index (κ3) is 4.25. The molecule has 10 rings (SSSR count). The molecule has 0 aromatic heterocycles. The zero-order valence-corrected chi connectivity index (χ0v) is 24.5. The Labute approximate surface area is 248 Å². The van der Waals surface area contributed by atoms with Crippen LogP contribution >= 0.6 is 0 Å². The predicted molar refractivity (Wildman–Crippen MR) is 147 cm³/mol. The fraction of sp³-hybridized carbons (Fsp3) is 0.606. The fourth-order valence-corrected chi connectivity index (χ4v) is 12.1. The van der Waals surface area contributed by atoms with Crippen LogP contribution in [0.3, 0.4) is 0 Å². The summed E-state index contributed by atoms with van der Waals surface area (Å²) in [5.74, 6) is -8.35. The molecule has 0 spiro atoms. The summed E-state index contributed by atoms with van der Waals surface area (Å²) in [6.45, 7) is 0. The molecule has 8 aliphatic rings. The van der Waals surface area contributed by atoms with Gasteiger partial charge >= 0.3 is 16.1 Å². The van der Waals surface area contributed by atoms with Gasteiger partial charge in [-0.15, -0.1) is 0 Å². The van der Waals surface area contributed by atoms with Crippen molar-refractivity contribution in [2.45, 2.75) is 92.8 Å². The normalized spacial score (nSPS) is 37.2. The minimum Gasteiger partial charge on any atom is -0.416 e. The molecule has 230 valence electrons. The first-order valence-corrected chi connectivity index (χ1v) is 17.0. The fourth-order valence-electron chi connectivity index (χ4n) is 11.5. The molecule has 1 N–H and O–H groups in total. The summed E-state index contributed by atoms with van der Waals surface area (Å²) in [4.78, 5) is 11.8. The van der Waals surface area contributed by atoms with Crippen LogP contribution in [0.1, 0.15) is 98.5 Å². The van der Waals surface area contributed by atoms with Gasteiger partial charge in [0, 0.05) is 0 Å². The third-order valence-electron chi connectivity index (χ3n) is 12.1. The average Bonchev–Trinajstić information content (AvgIpc) is 2.92. The molecule has 2 aromatic rings. The Hall–Kier alpha value is -2.46. The lowest BCUT2D eigenvalue weighted by Crippen LogP contribution is -2.50. The molecular formula is C33H34F4O5S. The maximum Gasteiger partial charge on any atom is 0.344 e. The summed E-state index contributed by atoms with van der Waals surface area (Å²) in [5, 5.41) is 0. The molecule has 2 aromatic carbocycles. The number of hydrogen-bond acceptors (Lipinski definition) is 4. The number of rotatable bonds is 5. The van der Waals surface area contributed by atoms with Crippen molar-refractivity contribution in [1.82, 2.24) is 0 Å². The molecule has 0 unspecified atom stereocenters. The standard InChI is InChI=1S/C33H34F4O5S/c34-25-27(36)30(43(39,40)41)28(37)26(35)29(25)42-31(38)23-9-22(32-10-16-3-17(11-32)5-18(4-16)12-32)1-2-24(23)33-13-19-6-20(14-33)8-21(7-19)15-33/h1-2,9,16-21H,3-8,10-15H2,(H,39,40,41). The van der Waals surface area contributed by atoms with Crippen LogP contribution in [0.2, 0.25) is 0 Å². The zero-order chi connectivity index (χ0) is 30.1. The summed E-state index contributed by atoms with van der Waals surface area (Å²) >= 11 is 0. The Morgan fingerprint density at radius 1 is 0.698 bits per heavy atom. The van der Waals surface area contributed by atoms with Crippen molar-refractivity contribution in [3.05, 3.63) is 58.2 Å². The molecule has 0 aliphatic heterocycles. The van der Waals surface area contributed by atoms with E-state index in [4.69, 9.17) is 9.29 Å². The van der Waals surface area contributed by atoms with E-state index in [2.05, 4.69) is 6.07 Å². The molecule has 0 heterocycles. The maximum absolute atomic E-state index is 15.0. The molecule has 8 bridgehead atoms. The van der Waals surface area contributed by atoms with Gasteiger partial charge in [-0.1, -0.05) is 12.1 Å². The lowest BCUT2D eigenvalue weighted by atomic mass is 9.46. The summed E-state index contributed by atoms with van der Waals surface area (Å²) in [7, 11) is -5.64. The van der Waals surface area contributed by atoms with Gasteiger partial charge in [0.1, 0.15) is 0 Å². The van der Waals surface area contributed by atoms with Gasteiger partial charge in [-0.2, -0.15) is 17.2 Å². The van der Waals surface area contributed by atoms with E-state index in [1.165, 1.54) is 38.5 Å². The van der Waals surface area contributed by atoms with Gasteiger partial charge in [-0.05, 0) is 141 Å². The van der Waals surface area contributed by atoms with Crippen molar-refractivity contribution in [3.8, 4) is 5.75 Å². The van der Waals surface area contributed by atoms with Crippen LogP contribution in [-0.4, -0.2) is 18.9 Å². The zero-order valence-electron chi connectivity index (χ0n) is 23.7. The van der Waals surface area contributed by atoms with Gasteiger partial charge in [0.05, 0.1) is 5.56 Å². The predicted octanol–water partition coefficient (Wildman–Crippen LogP) is 7.64. The van der Waals surface area contributed by atoms with Crippen LogP contribution in [0.15, 0.2) is 23.1 Å². The van der Waals surface area contributed by atoms with Gasteiger partial charge in [-0.3, -0.25) is 4.55 Å². The second-order valence-corrected chi connectivity index (χ2v) is 16.3. The summed E-state index contributed by atoms with van der Waals surface area (Å²) in [5.41, 5.74) is 1.56. The van der Waals surface area contributed by atoms with Crippen LogP contribution in [-0.2, 0) is 20.9 Å². The average molecular weight is 619 g/mol. The van der Waals surface area contributed by atoms with Crippen LogP contribution < -0.4 is 4.74 Å². The highest BCUT2D eigenvalue weighted by Crippen LogP contribution is 2.63. The summed E-state index contributed by atoms with van der Waals surface area (Å²) in [6, 6.07) is 5.96.